The number of rotatable bonds is 4. The molecule has 0 saturated heterocycles. The molecule has 0 aliphatic carbocycles. The van der Waals surface area contributed by atoms with Crippen LogP contribution < -0.4 is 9.46 Å². The van der Waals surface area contributed by atoms with Gasteiger partial charge in [0.05, 0.1) is 12.0 Å². The van der Waals surface area contributed by atoms with E-state index >= 15 is 0 Å². The molecule has 0 aliphatic heterocycles. The molecular formula is C14H14FNO3S. The van der Waals surface area contributed by atoms with E-state index in [0.717, 1.165) is 6.07 Å². The van der Waals surface area contributed by atoms with Gasteiger partial charge in [0.1, 0.15) is 11.6 Å². The van der Waals surface area contributed by atoms with Gasteiger partial charge in [-0.05, 0) is 55.0 Å². The molecule has 20 heavy (non-hydrogen) atoms. The first-order valence-corrected chi connectivity index (χ1v) is 7.34. The van der Waals surface area contributed by atoms with Crippen molar-refractivity contribution in [1.29, 1.82) is 0 Å². The van der Waals surface area contributed by atoms with E-state index in [4.69, 9.17) is 4.74 Å². The normalized spacial score (nSPS) is 11.2. The molecule has 0 fully saturated rings. The van der Waals surface area contributed by atoms with Crippen LogP contribution in [0.5, 0.6) is 5.75 Å². The predicted octanol–water partition coefficient (Wildman–Crippen LogP) is 2.94. The third-order valence-electron chi connectivity index (χ3n) is 2.77. The molecule has 0 heterocycles. The van der Waals surface area contributed by atoms with Crippen molar-refractivity contribution < 1.29 is 17.5 Å². The zero-order chi connectivity index (χ0) is 14.8. The molecule has 6 heteroatoms. The summed E-state index contributed by atoms with van der Waals surface area (Å²) in [6.07, 6.45) is 0. The van der Waals surface area contributed by atoms with Crippen molar-refractivity contribution in [3.63, 3.8) is 0 Å². The Hall–Kier alpha value is -2.08. The van der Waals surface area contributed by atoms with Crippen LogP contribution in [0.4, 0.5) is 10.1 Å². The van der Waals surface area contributed by atoms with E-state index in [1.165, 1.54) is 19.2 Å². The zero-order valence-corrected chi connectivity index (χ0v) is 11.9. The lowest BCUT2D eigenvalue weighted by atomic mass is 10.2. The van der Waals surface area contributed by atoms with Gasteiger partial charge in [0.25, 0.3) is 10.0 Å². The highest BCUT2D eigenvalue weighted by Crippen LogP contribution is 2.21. The summed E-state index contributed by atoms with van der Waals surface area (Å²) >= 11 is 0. The average molecular weight is 295 g/mol. The van der Waals surface area contributed by atoms with Gasteiger partial charge in [-0.15, -0.1) is 0 Å². The summed E-state index contributed by atoms with van der Waals surface area (Å²) in [7, 11) is -2.21. The Balaban J connectivity index is 2.30. The topological polar surface area (TPSA) is 55.4 Å². The Morgan fingerprint density at radius 1 is 1.10 bits per heavy atom. The summed E-state index contributed by atoms with van der Waals surface area (Å²) in [4.78, 5) is 0.0507. The molecule has 0 unspecified atom stereocenters. The number of sulfonamides is 1. The third kappa shape index (κ3) is 3.08. The maximum atomic E-state index is 13.0. The molecule has 2 rings (SSSR count). The molecule has 4 nitrogen and oxygen atoms in total. The molecule has 0 spiro atoms. The second kappa shape index (κ2) is 5.50. The number of benzene rings is 2. The molecular weight excluding hydrogens is 281 g/mol. The minimum Gasteiger partial charge on any atom is -0.497 e. The van der Waals surface area contributed by atoms with Crippen LogP contribution in [0.15, 0.2) is 47.4 Å². The van der Waals surface area contributed by atoms with Gasteiger partial charge >= 0.3 is 0 Å². The highest BCUT2D eigenvalue weighted by molar-refractivity contribution is 7.92. The lowest BCUT2D eigenvalue weighted by Crippen LogP contribution is -2.14. The van der Waals surface area contributed by atoms with Crippen molar-refractivity contribution >= 4 is 15.7 Å². The Bertz CT molecular complexity index is 712. The van der Waals surface area contributed by atoms with Crippen LogP contribution in [0.25, 0.3) is 0 Å². The van der Waals surface area contributed by atoms with E-state index in [-0.39, 0.29) is 4.90 Å². The van der Waals surface area contributed by atoms with Gasteiger partial charge in [0.15, 0.2) is 0 Å². The molecule has 0 aliphatic rings. The molecule has 0 bridgehead atoms. The summed E-state index contributed by atoms with van der Waals surface area (Å²) in [6, 6.07) is 10.0. The van der Waals surface area contributed by atoms with Crippen LogP contribution in [0.1, 0.15) is 5.56 Å². The quantitative estimate of drug-likeness (QED) is 0.943. The van der Waals surface area contributed by atoms with E-state index in [9.17, 15) is 12.8 Å². The van der Waals surface area contributed by atoms with Gasteiger partial charge in [-0.2, -0.15) is 0 Å². The van der Waals surface area contributed by atoms with Crippen molar-refractivity contribution in [2.75, 3.05) is 11.8 Å². The number of methoxy groups -OCH3 is 1. The fraction of sp³-hybridized carbons (Fsp3) is 0.143. The first-order valence-electron chi connectivity index (χ1n) is 5.85. The number of hydrogen-bond acceptors (Lipinski definition) is 3. The van der Waals surface area contributed by atoms with Crippen LogP contribution in [-0.4, -0.2) is 15.5 Å². The highest BCUT2D eigenvalue weighted by atomic mass is 32.2. The third-order valence-corrected chi connectivity index (χ3v) is 4.31. The lowest BCUT2D eigenvalue weighted by Gasteiger charge is -2.10. The van der Waals surface area contributed by atoms with Crippen LogP contribution in [0, 0.1) is 12.7 Å². The average Bonchev–Trinajstić information content (AvgIpc) is 2.38. The van der Waals surface area contributed by atoms with Crippen molar-refractivity contribution in [1.82, 2.24) is 0 Å². The fourth-order valence-electron chi connectivity index (χ4n) is 1.78. The van der Waals surface area contributed by atoms with E-state index in [1.807, 2.05) is 0 Å². The Labute approximate surface area is 117 Å². The van der Waals surface area contributed by atoms with E-state index in [0.29, 0.717) is 17.0 Å². The van der Waals surface area contributed by atoms with Crippen LogP contribution in [-0.2, 0) is 10.0 Å². The predicted molar refractivity (Wildman–Crippen MR) is 74.9 cm³/mol. The van der Waals surface area contributed by atoms with E-state index < -0.39 is 15.8 Å². The van der Waals surface area contributed by atoms with Crippen LogP contribution in [0.3, 0.4) is 0 Å². The monoisotopic (exact) mass is 295 g/mol. The van der Waals surface area contributed by atoms with Crippen LogP contribution >= 0.6 is 0 Å². The van der Waals surface area contributed by atoms with Gasteiger partial charge in [-0.1, -0.05) is 0 Å². The molecule has 0 atom stereocenters. The van der Waals surface area contributed by atoms with E-state index in [1.54, 1.807) is 31.2 Å². The van der Waals surface area contributed by atoms with Gasteiger partial charge in [-0.25, -0.2) is 12.8 Å². The van der Waals surface area contributed by atoms with Gasteiger partial charge in [0, 0.05) is 5.69 Å². The number of halogens is 1. The molecule has 106 valence electrons. The maximum Gasteiger partial charge on any atom is 0.262 e. The number of hydrogen-bond donors (Lipinski definition) is 1. The number of ether oxygens (including phenoxy) is 1. The standard InChI is InChI=1S/C14H14FNO3S/c1-10-9-11(15)3-8-14(10)20(17,18)16-12-4-6-13(19-2)7-5-12/h3-9,16H,1-2H3. The van der Waals surface area contributed by atoms with Crippen molar-refractivity contribution in [3.8, 4) is 5.75 Å². The van der Waals surface area contributed by atoms with Gasteiger partial charge in [0.2, 0.25) is 0 Å². The van der Waals surface area contributed by atoms with Crippen molar-refractivity contribution in [3.05, 3.63) is 53.8 Å². The summed E-state index contributed by atoms with van der Waals surface area (Å²) in [6.45, 7) is 1.55. The summed E-state index contributed by atoms with van der Waals surface area (Å²) in [5.41, 5.74) is 0.764. The number of anilines is 1. The molecule has 0 radical (unpaired) electrons. The minimum atomic E-state index is -3.74. The SMILES string of the molecule is COc1ccc(NS(=O)(=O)c2ccc(F)cc2C)cc1. The van der Waals surface area contributed by atoms with Crippen molar-refractivity contribution in [2.24, 2.45) is 0 Å². The first kappa shape index (κ1) is 14.3. The number of aryl methyl sites for hydroxylation is 1. The van der Waals surface area contributed by atoms with Crippen LogP contribution in [0.2, 0.25) is 0 Å². The summed E-state index contributed by atoms with van der Waals surface area (Å²) in [5.74, 6) is 0.164. The molecule has 2 aromatic rings. The second-order valence-corrected chi connectivity index (χ2v) is 5.89. The Kier molecular flexibility index (Phi) is 3.94. The van der Waals surface area contributed by atoms with Gasteiger partial charge < -0.3 is 4.74 Å². The Morgan fingerprint density at radius 2 is 1.75 bits per heavy atom. The fourth-order valence-corrected chi connectivity index (χ4v) is 3.07. The first-order chi connectivity index (χ1) is 9.42. The summed E-state index contributed by atoms with van der Waals surface area (Å²) < 4.78 is 44.9. The molecule has 0 aromatic heterocycles. The molecule has 1 N–H and O–H groups in total. The molecule has 2 aromatic carbocycles. The Morgan fingerprint density at radius 3 is 2.30 bits per heavy atom. The summed E-state index contributed by atoms with van der Waals surface area (Å²) in [5, 5.41) is 0. The van der Waals surface area contributed by atoms with E-state index in [2.05, 4.69) is 4.72 Å². The lowest BCUT2D eigenvalue weighted by molar-refractivity contribution is 0.415. The molecule has 0 amide bonds. The van der Waals surface area contributed by atoms with Gasteiger partial charge in [-0.3, -0.25) is 4.72 Å². The van der Waals surface area contributed by atoms with Crippen molar-refractivity contribution in [2.45, 2.75) is 11.8 Å². The zero-order valence-electron chi connectivity index (χ0n) is 11.1. The number of nitrogens with one attached hydrogen (secondary N) is 1. The maximum absolute atomic E-state index is 13.0. The molecule has 0 saturated carbocycles. The largest absolute Gasteiger partial charge is 0.497 e. The second-order valence-electron chi connectivity index (χ2n) is 4.24. The highest BCUT2D eigenvalue weighted by Gasteiger charge is 2.17. The smallest absolute Gasteiger partial charge is 0.262 e. The minimum absolute atomic E-state index is 0.0507.